The van der Waals surface area contributed by atoms with E-state index in [4.69, 9.17) is 0 Å². The summed E-state index contributed by atoms with van der Waals surface area (Å²) in [5.74, 6) is 1.87. The van der Waals surface area contributed by atoms with Crippen molar-refractivity contribution in [3.05, 3.63) is 72.4 Å². The van der Waals surface area contributed by atoms with Crippen LogP contribution >= 0.6 is 0 Å². The average molecular weight is 333 g/mol. The van der Waals surface area contributed by atoms with Gasteiger partial charge in [-0.2, -0.15) is 10.1 Å². The van der Waals surface area contributed by atoms with E-state index in [1.54, 1.807) is 6.20 Å². The number of benzene rings is 2. The molecule has 0 saturated heterocycles. The van der Waals surface area contributed by atoms with E-state index >= 15 is 0 Å². The van der Waals surface area contributed by atoms with Gasteiger partial charge in [0.1, 0.15) is 0 Å². The molecule has 0 aliphatic rings. The predicted octanol–water partition coefficient (Wildman–Crippen LogP) is 4.28. The molecule has 0 amide bonds. The standard InChI is InChI=1S/C20H23N5/c1-16(2)13-21-19-14-22-24-20(23-19)25(18-11-7-4-8-12-18)15-17-9-5-3-6-10-17/h3-12,14,16H,13,15H2,1-2H3,(H,21,23,24). The molecule has 5 heteroatoms. The maximum Gasteiger partial charge on any atom is 0.252 e. The molecule has 3 aromatic rings. The summed E-state index contributed by atoms with van der Waals surface area (Å²) in [5.41, 5.74) is 2.23. The lowest BCUT2D eigenvalue weighted by Crippen LogP contribution is -2.20. The molecule has 128 valence electrons. The number of anilines is 3. The van der Waals surface area contributed by atoms with Gasteiger partial charge in [0.15, 0.2) is 5.82 Å². The van der Waals surface area contributed by atoms with Crippen molar-refractivity contribution in [3.8, 4) is 0 Å². The molecule has 0 fully saturated rings. The van der Waals surface area contributed by atoms with Gasteiger partial charge in [-0.05, 0) is 23.6 Å². The number of rotatable bonds is 7. The van der Waals surface area contributed by atoms with Gasteiger partial charge in [-0.15, -0.1) is 5.10 Å². The minimum atomic E-state index is 0.535. The third-order valence-corrected chi connectivity index (χ3v) is 3.73. The summed E-state index contributed by atoms with van der Waals surface area (Å²) in [6.07, 6.45) is 1.66. The summed E-state index contributed by atoms with van der Waals surface area (Å²) in [6.45, 7) is 5.85. The normalized spacial score (nSPS) is 10.7. The Balaban J connectivity index is 1.90. The first-order valence-corrected chi connectivity index (χ1v) is 8.52. The smallest absolute Gasteiger partial charge is 0.252 e. The molecule has 2 aromatic carbocycles. The highest BCUT2D eigenvalue weighted by Crippen LogP contribution is 2.24. The fourth-order valence-corrected chi connectivity index (χ4v) is 2.45. The van der Waals surface area contributed by atoms with Crippen LogP contribution in [0.3, 0.4) is 0 Å². The second kappa shape index (κ2) is 8.24. The van der Waals surface area contributed by atoms with Crippen LogP contribution in [0.25, 0.3) is 0 Å². The molecule has 0 aliphatic carbocycles. The van der Waals surface area contributed by atoms with E-state index in [0.717, 1.165) is 18.1 Å². The Morgan fingerprint density at radius 2 is 1.64 bits per heavy atom. The van der Waals surface area contributed by atoms with Crippen LogP contribution in [0, 0.1) is 5.92 Å². The van der Waals surface area contributed by atoms with Crippen LogP contribution in [0.1, 0.15) is 19.4 Å². The second-order valence-electron chi connectivity index (χ2n) is 6.32. The molecule has 0 unspecified atom stereocenters. The summed E-state index contributed by atoms with van der Waals surface area (Å²) in [6, 6.07) is 20.4. The highest BCUT2D eigenvalue weighted by molar-refractivity contribution is 5.58. The molecule has 0 radical (unpaired) electrons. The fraction of sp³-hybridized carbons (Fsp3) is 0.250. The summed E-state index contributed by atoms with van der Waals surface area (Å²) in [7, 11) is 0. The van der Waals surface area contributed by atoms with Crippen LogP contribution in [-0.2, 0) is 6.54 Å². The molecule has 25 heavy (non-hydrogen) atoms. The zero-order chi connectivity index (χ0) is 17.5. The molecule has 1 heterocycles. The van der Waals surface area contributed by atoms with Gasteiger partial charge in [0.05, 0.1) is 12.7 Å². The summed E-state index contributed by atoms with van der Waals surface area (Å²) < 4.78 is 0. The van der Waals surface area contributed by atoms with Crippen LogP contribution in [0.15, 0.2) is 66.9 Å². The zero-order valence-corrected chi connectivity index (χ0v) is 14.6. The molecule has 1 aromatic heterocycles. The number of nitrogens with one attached hydrogen (secondary N) is 1. The lowest BCUT2D eigenvalue weighted by atomic mass is 10.2. The highest BCUT2D eigenvalue weighted by atomic mass is 15.3. The Labute approximate surface area is 148 Å². The van der Waals surface area contributed by atoms with E-state index in [9.17, 15) is 0 Å². The van der Waals surface area contributed by atoms with Crippen molar-refractivity contribution >= 4 is 17.5 Å². The van der Waals surface area contributed by atoms with Crippen molar-refractivity contribution in [1.29, 1.82) is 0 Å². The molecule has 0 spiro atoms. The maximum absolute atomic E-state index is 4.66. The van der Waals surface area contributed by atoms with Crippen LogP contribution < -0.4 is 10.2 Å². The molecule has 0 atom stereocenters. The zero-order valence-electron chi connectivity index (χ0n) is 14.6. The largest absolute Gasteiger partial charge is 0.368 e. The third kappa shape index (κ3) is 4.76. The number of hydrogen-bond donors (Lipinski definition) is 1. The molecule has 0 saturated carbocycles. The molecular formula is C20H23N5. The maximum atomic E-state index is 4.66. The average Bonchev–Trinajstić information content (AvgIpc) is 2.66. The Hall–Kier alpha value is -2.95. The van der Waals surface area contributed by atoms with E-state index in [0.29, 0.717) is 18.4 Å². The topological polar surface area (TPSA) is 53.9 Å². The number of para-hydroxylation sites is 1. The van der Waals surface area contributed by atoms with Crippen molar-refractivity contribution in [1.82, 2.24) is 15.2 Å². The van der Waals surface area contributed by atoms with Crippen molar-refractivity contribution in [2.75, 3.05) is 16.8 Å². The van der Waals surface area contributed by atoms with E-state index in [1.165, 1.54) is 5.56 Å². The first-order valence-electron chi connectivity index (χ1n) is 8.52. The first kappa shape index (κ1) is 16.9. The van der Waals surface area contributed by atoms with Crippen molar-refractivity contribution < 1.29 is 0 Å². The predicted molar refractivity (Wildman–Crippen MR) is 102 cm³/mol. The van der Waals surface area contributed by atoms with E-state index < -0.39 is 0 Å². The van der Waals surface area contributed by atoms with Crippen LogP contribution in [-0.4, -0.2) is 21.7 Å². The van der Waals surface area contributed by atoms with Gasteiger partial charge < -0.3 is 10.2 Å². The molecule has 1 N–H and O–H groups in total. The third-order valence-electron chi connectivity index (χ3n) is 3.73. The Bertz CT molecular complexity index is 774. The fourth-order valence-electron chi connectivity index (χ4n) is 2.45. The van der Waals surface area contributed by atoms with Gasteiger partial charge in [-0.25, -0.2) is 0 Å². The summed E-state index contributed by atoms with van der Waals surface area (Å²) >= 11 is 0. The lowest BCUT2D eigenvalue weighted by molar-refractivity contribution is 0.685. The molecule has 0 bridgehead atoms. The number of hydrogen-bond acceptors (Lipinski definition) is 5. The minimum absolute atomic E-state index is 0.535. The van der Waals surface area contributed by atoms with Crippen molar-refractivity contribution in [3.63, 3.8) is 0 Å². The highest BCUT2D eigenvalue weighted by Gasteiger charge is 2.14. The van der Waals surface area contributed by atoms with Gasteiger partial charge in [0.2, 0.25) is 0 Å². The molecular weight excluding hydrogens is 310 g/mol. The van der Waals surface area contributed by atoms with Crippen LogP contribution in [0.2, 0.25) is 0 Å². The summed E-state index contributed by atoms with van der Waals surface area (Å²) in [5, 5.41) is 11.7. The van der Waals surface area contributed by atoms with Crippen molar-refractivity contribution in [2.45, 2.75) is 20.4 Å². The van der Waals surface area contributed by atoms with E-state index in [1.807, 2.05) is 36.4 Å². The van der Waals surface area contributed by atoms with Crippen molar-refractivity contribution in [2.24, 2.45) is 5.92 Å². The molecule has 5 nitrogen and oxygen atoms in total. The van der Waals surface area contributed by atoms with Gasteiger partial charge >= 0.3 is 0 Å². The second-order valence-corrected chi connectivity index (χ2v) is 6.32. The quantitative estimate of drug-likeness (QED) is 0.699. The van der Waals surface area contributed by atoms with E-state index in [-0.39, 0.29) is 0 Å². The van der Waals surface area contributed by atoms with Crippen LogP contribution in [0.4, 0.5) is 17.5 Å². The van der Waals surface area contributed by atoms with Gasteiger partial charge in [-0.1, -0.05) is 62.4 Å². The number of aromatic nitrogens is 3. The van der Waals surface area contributed by atoms with Gasteiger partial charge in [-0.3, -0.25) is 0 Å². The molecule has 0 aliphatic heterocycles. The summed E-state index contributed by atoms with van der Waals surface area (Å²) in [4.78, 5) is 6.73. The molecule has 3 rings (SSSR count). The Kier molecular flexibility index (Phi) is 5.57. The SMILES string of the molecule is CC(C)CNc1cnnc(N(Cc2ccccc2)c2ccccc2)n1. The van der Waals surface area contributed by atoms with E-state index in [2.05, 4.69) is 63.5 Å². The Morgan fingerprint density at radius 1 is 0.960 bits per heavy atom. The van der Waals surface area contributed by atoms with Crippen LogP contribution in [0.5, 0.6) is 0 Å². The monoisotopic (exact) mass is 333 g/mol. The van der Waals surface area contributed by atoms with Gasteiger partial charge in [0, 0.05) is 12.2 Å². The number of nitrogens with zero attached hydrogens (tertiary/aromatic N) is 4. The lowest BCUT2D eigenvalue weighted by Gasteiger charge is -2.23. The Morgan fingerprint density at radius 3 is 2.32 bits per heavy atom. The van der Waals surface area contributed by atoms with Gasteiger partial charge in [0.25, 0.3) is 5.95 Å². The first-order chi connectivity index (χ1) is 12.2. The minimum Gasteiger partial charge on any atom is -0.368 e.